The number of carboxylic acid groups (broad SMARTS) is 1. The van der Waals surface area contributed by atoms with Gasteiger partial charge in [0.15, 0.2) is 5.82 Å². The van der Waals surface area contributed by atoms with Crippen LogP contribution in [0.3, 0.4) is 0 Å². The van der Waals surface area contributed by atoms with Crippen LogP contribution in [0.5, 0.6) is 0 Å². The Labute approximate surface area is 110 Å². The fourth-order valence-electron chi connectivity index (χ4n) is 1.29. The van der Waals surface area contributed by atoms with E-state index >= 15 is 0 Å². The first kappa shape index (κ1) is 12.0. The summed E-state index contributed by atoms with van der Waals surface area (Å²) in [4.78, 5) is 19.1. The van der Waals surface area contributed by atoms with E-state index in [9.17, 15) is 4.79 Å². The van der Waals surface area contributed by atoms with Gasteiger partial charge in [-0.05, 0) is 34.1 Å². The Morgan fingerprint density at radius 1 is 1.29 bits per heavy atom. The fourth-order valence-corrected chi connectivity index (χ4v) is 1.69. The van der Waals surface area contributed by atoms with Crippen molar-refractivity contribution >= 4 is 33.5 Å². The predicted molar refractivity (Wildman–Crippen MR) is 67.1 cm³/mol. The summed E-state index contributed by atoms with van der Waals surface area (Å²) in [6, 6.07) is 4.65. The number of aromatic nitrogens is 2. The van der Waals surface area contributed by atoms with E-state index < -0.39 is 5.97 Å². The highest BCUT2D eigenvalue weighted by Gasteiger charge is 2.11. The van der Waals surface area contributed by atoms with Gasteiger partial charge >= 0.3 is 5.97 Å². The molecule has 6 heteroatoms. The first-order chi connectivity index (χ1) is 8.08. The maximum Gasteiger partial charge on any atom is 0.337 e. The van der Waals surface area contributed by atoms with Crippen molar-refractivity contribution in [2.24, 2.45) is 0 Å². The molecule has 4 nitrogen and oxygen atoms in total. The topological polar surface area (TPSA) is 63.1 Å². The minimum absolute atomic E-state index is 0.0377. The molecule has 2 aromatic rings. The van der Waals surface area contributed by atoms with E-state index in [0.717, 1.165) is 4.47 Å². The molecular weight excluding hydrogens is 307 g/mol. The van der Waals surface area contributed by atoms with Crippen molar-refractivity contribution in [3.05, 3.63) is 45.7 Å². The zero-order valence-corrected chi connectivity index (χ0v) is 10.7. The first-order valence-electron chi connectivity index (χ1n) is 4.58. The summed E-state index contributed by atoms with van der Waals surface area (Å²) in [5, 5.41) is 9.14. The molecule has 0 aliphatic rings. The number of halogens is 2. The fraction of sp³-hybridized carbons (Fsp3) is 0. The SMILES string of the molecule is O=C(O)c1cc(-c2ncc(Br)cn2)ccc1Cl. The predicted octanol–water partition coefficient (Wildman–Crippen LogP) is 3.26. The molecule has 1 aromatic heterocycles. The average molecular weight is 314 g/mol. The lowest BCUT2D eigenvalue weighted by Crippen LogP contribution is -1.98. The van der Waals surface area contributed by atoms with Gasteiger partial charge in [0, 0.05) is 18.0 Å². The van der Waals surface area contributed by atoms with Gasteiger partial charge in [-0.3, -0.25) is 0 Å². The summed E-state index contributed by atoms with van der Waals surface area (Å²) in [6.45, 7) is 0. The molecule has 1 aromatic carbocycles. The van der Waals surface area contributed by atoms with Gasteiger partial charge in [0.25, 0.3) is 0 Å². The van der Waals surface area contributed by atoms with E-state index in [-0.39, 0.29) is 10.6 Å². The van der Waals surface area contributed by atoms with Gasteiger partial charge in [-0.1, -0.05) is 11.6 Å². The van der Waals surface area contributed by atoms with Crippen LogP contribution < -0.4 is 0 Å². The van der Waals surface area contributed by atoms with E-state index in [1.165, 1.54) is 12.1 Å². The van der Waals surface area contributed by atoms with Crippen molar-refractivity contribution in [3.8, 4) is 11.4 Å². The van der Waals surface area contributed by atoms with Gasteiger partial charge in [-0.2, -0.15) is 0 Å². The van der Waals surface area contributed by atoms with Crippen molar-refractivity contribution in [2.75, 3.05) is 0 Å². The van der Waals surface area contributed by atoms with E-state index in [1.807, 2.05) is 0 Å². The van der Waals surface area contributed by atoms with Crippen molar-refractivity contribution < 1.29 is 9.90 Å². The molecule has 0 spiro atoms. The Hall–Kier alpha value is -1.46. The van der Waals surface area contributed by atoms with Gasteiger partial charge in [-0.15, -0.1) is 0 Å². The highest BCUT2D eigenvalue weighted by Crippen LogP contribution is 2.23. The van der Waals surface area contributed by atoms with Crippen molar-refractivity contribution in [3.63, 3.8) is 0 Å². The van der Waals surface area contributed by atoms with Crippen LogP contribution in [0.4, 0.5) is 0 Å². The average Bonchev–Trinajstić information content (AvgIpc) is 2.30. The molecule has 0 bridgehead atoms. The molecule has 0 saturated heterocycles. The lowest BCUT2D eigenvalue weighted by Gasteiger charge is -2.03. The van der Waals surface area contributed by atoms with Gasteiger partial charge in [0.05, 0.1) is 15.1 Å². The summed E-state index contributed by atoms with van der Waals surface area (Å²) < 4.78 is 0.758. The Balaban J connectivity index is 2.50. The van der Waals surface area contributed by atoms with Gasteiger partial charge in [-0.25, -0.2) is 14.8 Å². The number of hydrogen-bond donors (Lipinski definition) is 1. The van der Waals surface area contributed by atoms with Gasteiger partial charge in [0.2, 0.25) is 0 Å². The lowest BCUT2D eigenvalue weighted by molar-refractivity contribution is 0.0697. The minimum Gasteiger partial charge on any atom is -0.478 e. The molecule has 0 radical (unpaired) electrons. The van der Waals surface area contributed by atoms with Crippen molar-refractivity contribution in [1.29, 1.82) is 0 Å². The highest BCUT2D eigenvalue weighted by atomic mass is 79.9. The smallest absolute Gasteiger partial charge is 0.337 e. The number of carboxylic acids is 1. The van der Waals surface area contributed by atoms with Crippen LogP contribution in [-0.2, 0) is 0 Å². The standard InChI is InChI=1S/C11H6BrClN2O2/c12-7-4-14-10(15-5-7)6-1-2-9(13)8(3-6)11(16)17/h1-5H,(H,16,17). The summed E-state index contributed by atoms with van der Waals surface area (Å²) in [6.07, 6.45) is 3.19. The van der Waals surface area contributed by atoms with Crippen LogP contribution in [0.15, 0.2) is 35.1 Å². The van der Waals surface area contributed by atoms with Crippen LogP contribution >= 0.6 is 27.5 Å². The molecular formula is C11H6BrClN2O2. The molecule has 0 amide bonds. The number of rotatable bonds is 2. The molecule has 1 heterocycles. The quantitative estimate of drug-likeness (QED) is 0.924. The monoisotopic (exact) mass is 312 g/mol. The van der Waals surface area contributed by atoms with Gasteiger partial charge in [0.1, 0.15) is 0 Å². The van der Waals surface area contributed by atoms with Gasteiger partial charge < -0.3 is 5.11 Å². The summed E-state index contributed by atoms with van der Waals surface area (Å²) in [7, 11) is 0. The molecule has 1 N–H and O–H groups in total. The summed E-state index contributed by atoms with van der Waals surface area (Å²) in [5.74, 6) is -0.624. The first-order valence-corrected chi connectivity index (χ1v) is 5.76. The number of hydrogen-bond acceptors (Lipinski definition) is 3. The number of nitrogens with zero attached hydrogens (tertiary/aromatic N) is 2. The molecule has 86 valence electrons. The normalized spacial score (nSPS) is 10.2. The Morgan fingerprint density at radius 2 is 1.94 bits per heavy atom. The van der Waals surface area contributed by atoms with Crippen LogP contribution in [0.1, 0.15) is 10.4 Å². The van der Waals surface area contributed by atoms with Crippen molar-refractivity contribution in [1.82, 2.24) is 9.97 Å². The number of aromatic carboxylic acids is 1. The Morgan fingerprint density at radius 3 is 2.53 bits per heavy atom. The third kappa shape index (κ3) is 2.62. The Bertz CT molecular complexity index is 572. The Kier molecular flexibility index (Phi) is 3.40. The second kappa shape index (κ2) is 4.81. The lowest BCUT2D eigenvalue weighted by atomic mass is 10.1. The zero-order chi connectivity index (χ0) is 12.4. The van der Waals surface area contributed by atoms with E-state index in [1.54, 1.807) is 18.5 Å². The van der Waals surface area contributed by atoms with Crippen LogP contribution in [-0.4, -0.2) is 21.0 Å². The van der Waals surface area contributed by atoms with E-state index in [4.69, 9.17) is 16.7 Å². The number of benzene rings is 1. The summed E-state index contributed by atoms with van der Waals surface area (Å²) in [5.41, 5.74) is 0.648. The number of carbonyl (C=O) groups is 1. The van der Waals surface area contributed by atoms with Crippen molar-refractivity contribution in [2.45, 2.75) is 0 Å². The third-order valence-electron chi connectivity index (χ3n) is 2.08. The minimum atomic E-state index is -1.08. The maximum absolute atomic E-state index is 10.9. The molecule has 2 rings (SSSR count). The van der Waals surface area contributed by atoms with E-state index in [2.05, 4.69) is 25.9 Å². The molecule has 0 fully saturated rings. The molecule has 17 heavy (non-hydrogen) atoms. The third-order valence-corrected chi connectivity index (χ3v) is 2.81. The molecule has 0 saturated carbocycles. The summed E-state index contributed by atoms with van der Waals surface area (Å²) >= 11 is 9.00. The zero-order valence-electron chi connectivity index (χ0n) is 8.39. The molecule has 0 aliphatic carbocycles. The second-order valence-corrected chi connectivity index (χ2v) is 4.55. The molecule has 0 aliphatic heterocycles. The van der Waals surface area contributed by atoms with Crippen LogP contribution in [0.2, 0.25) is 5.02 Å². The molecule has 0 atom stereocenters. The van der Waals surface area contributed by atoms with Crippen LogP contribution in [0, 0.1) is 0 Å². The second-order valence-electron chi connectivity index (χ2n) is 3.22. The molecule has 0 unspecified atom stereocenters. The maximum atomic E-state index is 10.9. The highest BCUT2D eigenvalue weighted by molar-refractivity contribution is 9.10. The largest absolute Gasteiger partial charge is 0.478 e. The van der Waals surface area contributed by atoms with Crippen LogP contribution in [0.25, 0.3) is 11.4 Å². The van der Waals surface area contributed by atoms with E-state index in [0.29, 0.717) is 11.4 Å².